The maximum atomic E-state index is 13.6. The molecule has 0 radical (unpaired) electrons. The minimum absolute atomic E-state index is 0.0548. The molecule has 26 heavy (non-hydrogen) atoms. The van der Waals surface area contributed by atoms with Crippen molar-refractivity contribution in [2.24, 2.45) is 5.92 Å². The summed E-state index contributed by atoms with van der Waals surface area (Å²) in [6.45, 7) is 1.37. The van der Waals surface area contributed by atoms with Gasteiger partial charge in [0.05, 0.1) is 0 Å². The van der Waals surface area contributed by atoms with Crippen molar-refractivity contribution in [3.05, 3.63) is 29.8 Å². The van der Waals surface area contributed by atoms with Gasteiger partial charge in [-0.25, -0.2) is 13.6 Å². The van der Waals surface area contributed by atoms with Crippen LogP contribution in [0.15, 0.2) is 18.2 Å². The third-order valence-electron chi connectivity index (χ3n) is 4.93. The molecule has 3 aliphatic rings. The summed E-state index contributed by atoms with van der Waals surface area (Å²) in [7, 11) is 3.42. The number of ether oxygens (including phenoxy) is 1. The molecule has 0 spiro atoms. The molecule has 3 fully saturated rings. The van der Waals surface area contributed by atoms with Crippen LogP contribution < -0.4 is 4.74 Å². The lowest BCUT2D eigenvalue weighted by atomic mass is 9.95. The van der Waals surface area contributed by atoms with Crippen molar-refractivity contribution in [2.45, 2.75) is 18.9 Å². The van der Waals surface area contributed by atoms with E-state index in [1.807, 2.05) is 0 Å². The van der Waals surface area contributed by atoms with Crippen LogP contribution in [0.25, 0.3) is 0 Å². The van der Waals surface area contributed by atoms with Crippen LogP contribution in [0.1, 0.15) is 12.8 Å². The molecule has 142 valence electrons. The standard InChI is InChI=1S/C18H23F2N3O3/c1-21(2)18(25)22-8-12-3-5-14(10-22)23(9-12)17(24)11-26-16-6-4-13(19)7-15(16)20/h4,6-7,12,14H,3,5,8-11H2,1-2H3/t12-,14+/m0/s1. The predicted octanol–water partition coefficient (Wildman–Crippen LogP) is 1.95. The third kappa shape index (κ3) is 3.89. The zero-order valence-corrected chi connectivity index (χ0v) is 15.0. The Morgan fingerprint density at radius 3 is 2.65 bits per heavy atom. The number of piperidine rings is 1. The van der Waals surface area contributed by atoms with Crippen LogP contribution in [0, 0.1) is 17.6 Å². The number of benzene rings is 1. The van der Waals surface area contributed by atoms with E-state index in [2.05, 4.69) is 0 Å². The molecule has 0 unspecified atom stereocenters. The summed E-state index contributed by atoms with van der Waals surface area (Å²) in [5.41, 5.74) is 0. The Hall–Kier alpha value is -2.38. The van der Waals surface area contributed by atoms with Gasteiger partial charge in [-0.05, 0) is 30.9 Å². The molecule has 1 aromatic carbocycles. The van der Waals surface area contributed by atoms with Gasteiger partial charge in [0.15, 0.2) is 18.2 Å². The Morgan fingerprint density at radius 2 is 1.96 bits per heavy atom. The van der Waals surface area contributed by atoms with Crippen molar-refractivity contribution in [3.63, 3.8) is 0 Å². The van der Waals surface area contributed by atoms with Crippen molar-refractivity contribution >= 4 is 11.9 Å². The Morgan fingerprint density at radius 1 is 1.19 bits per heavy atom. The summed E-state index contributed by atoms with van der Waals surface area (Å²) < 4.78 is 31.8. The molecule has 3 aliphatic heterocycles. The fourth-order valence-corrected chi connectivity index (χ4v) is 3.64. The first-order chi connectivity index (χ1) is 12.3. The molecule has 4 rings (SSSR count). The number of hydrogen-bond donors (Lipinski definition) is 0. The van der Waals surface area contributed by atoms with E-state index in [1.54, 1.807) is 23.9 Å². The van der Waals surface area contributed by atoms with Gasteiger partial charge in [-0.2, -0.15) is 0 Å². The Balaban J connectivity index is 1.64. The van der Waals surface area contributed by atoms with E-state index in [9.17, 15) is 18.4 Å². The third-order valence-corrected chi connectivity index (χ3v) is 4.93. The highest BCUT2D eigenvalue weighted by Crippen LogP contribution is 2.28. The lowest BCUT2D eigenvalue weighted by molar-refractivity contribution is -0.137. The smallest absolute Gasteiger partial charge is 0.319 e. The molecule has 0 aromatic heterocycles. The normalized spacial score (nSPS) is 22.2. The topological polar surface area (TPSA) is 53.1 Å². The maximum Gasteiger partial charge on any atom is 0.319 e. The summed E-state index contributed by atoms with van der Waals surface area (Å²) in [6, 6.07) is 2.86. The van der Waals surface area contributed by atoms with Crippen molar-refractivity contribution in [3.8, 4) is 5.75 Å². The number of urea groups is 1. The fourth-order valence-electron chi connectivity index (χ4n) is 3.64. The number of rotatable bonds is 3. The van der Waals surface area contributed by atoms with Gasteiger partial charge in [0.1, 0.15) is 5.82 Å². The zero-order chi connectivity index (χ0) is 18.8. The van der Waals surface area contributed by atoms with Gasteiger partial charge in [-0.3, -0.25) is 4.79 Å². The molecule has 3 heterocycles. The second-order valence-electron chi connectivity index (χ2n) is 7.09. The Labute approximate surface area is 151 Å². The van der Waals surface area contributed by atoms with Crippen LogP contribution in [0.2, 0.25) is 0 Å². The average Bonchev–Trinajstić information content (AvgIpc) is 2.91. The first-order valence-corrected chi connectivity index (χ1v) is 8.68. The molecular formula is C18H23F2N3O3. The lowest BCUT2D eigenvalue weighted by Crippen LogP contribution is -2.49. The Kier molecular flexibility index (Phi) is 5.29. The van der Waals surface area contributed by atoms with Crippen molar-refractivity contribution in [1.82, 2.24) is 14.7 Å². The van der Waals surface area contributed by atoms with Crippen LogP contribution in [0.4, 0.5) is 13.6 Å². The molecule has 0 N–H and O–H groups in total. The van der Waals surface area contributed by atoms with Gasteiger partial charge in [-0.15, -0.1) is 0 Å². The van der Waals surface area contributed by atoms with Crippen LogP contribution in [-0.2, 0) is 4.79 Å². The number of halogens is 2. The summed E-state index contributed by atoms with van der Waals surface area (Å²) in [4.78, 5) is 29.9. The van der Waals surface area contributed by atoms with E-state index >= 15 is 0 Å². The van der Waals surface area contributed by atoms with Gasteiger partial charge in [0.25, 0.3) is 5.91 Å². The van der Waals surface area contributed by atoms with Crippen LogP contribution in [0.5, 0.6) is 5.75 Å². The van der Waals surface area contributed by atoms with Crippen molar-refractivity contribution < 1.29 is 23.1 Å². The van der Waals surface area contributed by atoms with Crippen molar-refractivity contribution in [2.75, 3.05) is 40.3 Å². The summed E-state index contributed by atoms with van der Waals surface area (Å²) in [6.07, 6.45) is 1.80. The highest BCUT2D eigenvalue weighted by atomic mass is 19.1. The molecular weight excluding hydrogens is 344 g/mol. The van der Waals surface area contributed by atoms with E-state index in [-0.39, 0.29) is 36.3 Å². The Bertz CT molecular complexity index is 698. The zero-order valence-electron chi connectivity index (χ0n) is 15.0. The highest BCUT2D eigenvalue weighted by molar-refractivity contribution is 5.79. The molecule has 8 heteroatoms. The first kappa shape index (κ1) is 18.4. The van der Waals surface area contributed by atoms with Gasteiger partial charge in [0.2, 0.25) is 0 Å². The monoisotopic (exact) mass is 367 g/mol. The van der Waals surface area contributed by atoms with Crippen molar-refractivity contribution in [1.29, 1.82) is 0 Å². The van der Waals surface area contributed by atoms with Gasteiger partial charge < -0.3 is 19.4 Å². The van der Waals surface area contributed by atoms with E-state index in [0.29, 0.717) is 19.6 Å². The molecule has 2 bridgehead atoms. The number of hydrogen-bond acceptors (Lipinski definition) is 3. The second-order valence-corrected chi connectivity index (χ2v) is 7.09. The number of fused-ring (bicyclic) bond motifs is 4. The summed E-state index contributed by atoms with van der Waals surface area (Å²) in [5.74, 6) is -1.70. The van der Waals surface area contributed by atoms with E-state index in [4.69, 9.17) is 4.74 Å². The molecule has 3 amide bonds. The minimum Gasteiger partial charge on any atom is -0.481 e. The average molecular weight is 367 g/mol. The van der Waals surface area contributed by atoms with Crippen LogP contribution >= 0.6 is 0 Å². The molecule has 6 nitrogen and oxygen atoms in total. The van der Waals surface area contributed by atoms with E-state index in [0.717, 1.165) is 25.0 Å². The lowest BCUT2D eigenvalue weighted by Gasteiger charge is -2.36. The summed E-state index contributed by atoms with van der Waals surface area (Å²) >= 11 is 0. The number of nitrogens with zero attached hydrogens (tertiary/aromatic N) is 3. The second kappa shape index (κ2) is 7.47. The number of amides is 3. The minimum atomic E-state index is -0.835. The van der Waals surface area contributed by atoms with Crippen LogP contribution in [-0.4, -0.2) is 73.0 Å². The molecule has 3 saturated heterocycles. The van der Waals surface area contributed by atoms with E-state index in [1.165, 1.54) is 11.0 Å². The van der Waals surface area contributed by atoms with E-state index < -0.39 is 11.6 Å². The fraction of sp³-hybridized carbons (Fsp3) is 0.556. The van der Waals surface area contributed by atoms with Gasteiger partial charge in [-0.1, -0.05) is 0 Å². The number of carbonyl (C=O) groups excluding carboxylic acids is 2. The maximum absolute atomic E-state index is 13.6. The molecule has 1 aromatic rings. The highest BCUT2D eigenvalue weighted by Gasteiger charge is 2.39. The quantitative estimate of drug-likeness (QED) is 0.821. The van der Waals surface area contributed by atoms with Gasteiger partial charge >= 0.3 is 6.03 Å². The number of carbonyl (C=O) groups is 2. The predicted molar refractivity (Wildman–Crippen MR) is 90.7 cm³/mol. The first-order valence-electron chi connectivity index (χ1n) is 8.68. The van der Waals surface area contributed by atoms with Crippen LogP contribution in [0.3, 0.4) is 0 Å². The summed E-state index contributed by atoms with van der Waals surface area (Å²) in [5, 5.41) is 0. The molecule has 2 atom stereocenters. The molecule has 0 saturated carbocycles. The molecule has 0 aliphatic carbocycles. The largest absolute Gasteiger partial charge is 0.481 e. The van der Waals surface area contributed by atoms with Gasteiger partial charge in [0, 0.05) is 45.8 Å². The SMILES string of the molecule is CN(C)C(=O)N1C[C@@H]2CC[C@H](C1)N(C(=O)COc1ccc(F)cc1F)C2.